The maximum atomic E-state index is 12.9. The fourth-order valence-corrected chi connectivity index (χ4v) is 3.12. The normalized spacial score (nSPS) is 13.2. The van der Waals surface area contributed by atoms with E-state index in [1.165, 1.54) is 26.3 Å². The Morgan fingerprint density at radius 1 is 1.06 bits per heavy atom. The average molecular weight is 474 g/mol. The van der Waals surface area contributed by atoms with Gasteiger partial charge in [-0.3, -0.25) is 14.4 Å². The van der Waals surface area contributed by atoms with E-state index in [1.54, 1.807) is 6.92 Å². The number of para-hydroxylation sites is 1. The van der Waals surface area contributed by atoms with E-state index in [2.05, 4.69) is 4.98 Å². The van der Waals surface area contributed by atoms with Crippen molar-refractivity contribution in [2.24, 2.45) is 5.92 Å². The van der Waals surface area contributed by atoms with Gasteiger partial charge in [-0.25, -0.2) is 4.98 Å². The highest BCUT2D eigenvalue weighted by Crippen LogP contribution is 2.31. The Bertz CT molecular complexity index is 963. The molecule has 0 saturated heterocycles. The van der Waals surface area contributed by atoms with Crippen molar-refractivity contribution in [3.05, 3.63) is 48.3 Å². The van der Waals surface area contributed by atoms with E-state index in [4.69, 9.17) is 23.7 Å². The number of hydrogen-bond acceptors (Lipinski definition) is 9. The van der Waals surface area contributed by atoms with Crippen LogP contribution in [-0.2, 0) is 19.1 Å². The zero-order valence-electron chi connectivity index (χ0n) is 20.1. The fourth-order valence-electron chi connectivity index (χ4n) is 3.12. The number of pyridine rings is 1. The summed E-state index contributed by atoms with van der Waals surface area (Å²) in [6.45, 7) is 6.16. The predicted molar refractivity (Wildman–Crippen MR) is 123 cm³/mol. The number of methoxy groups -OCH3 is 1. The minimum Gasteiger partial charge on any atom is -0.493 e. The molecule has 0 amide bonds. The molecule has 1 aromatic heterocycles. The largest absolute Gasteiger partial charge is 0.493 e. The molecule has 1 aromatic carbocycles. The molecule has 2 aromatic rings. The molecule has 3 atom stereocenters. The minimum absolute atomic E-state index is 0.0287. The molecule has 9 nitrogen and oxygen atoms in total. The van der Waals surface area contributed by atoms with Gasteiger partial charge in [0.15, 0.2) is 23.0 Å². The Labute approximate surface area is 199 Å². The Morgan fingerprint density at radius 3 is 2.38 bits per heavy atom. The summed E-state index contributed by atoms with van der Waals surface area (Å²) in [6.07, 6.45) is 0.923. The van der Waals surface area contributed by atoms with E-state index >= 15 is 0 Å². The Kier molecular flexibility index (Phi) is 10.3. The monoisotopic (exact) mass is 473 g/mol. The molecule has 0 N–H and O–H groups in total. The van der Waals surface area contributed by atoms with Gasteiger partial charge in [0.2, 0.25) is 6.79 Å². The third-order valence-corrected chi connectivity index (χ3v) is 4.97. The zero-order chi connectivity index (χ0) is 25.1. The summed E-state index contributed by atoms with van der Waals surface area (Å²) >= 11 is 0. The van der Waals surface area contributed by atoms with Crippen LogP contribution >= 0.6 is 0 Å². The molecule has 1 heterocycles. The molecule has 0 bridgehead atoms. The first-order chi connectivity index (χ1) is 16.3. The van der Waals surface area contributed by atoms with Crippen LogP contribution in [0.3, 0.4) is 0 Å². The first kappa shape index (κ1) is 26.6. The van der Waals surface area contributed by atoms with Gasteiger partial charge in [-0.05, 0) is 25.5 Å². The van der Waals surface area contributed by atoms with Crippen molar-refractivity contribution >= 4 is 17.7 Å². The summed E-state index contributed by atoms with van der Waals surface area (Å²) in [5.74, 6) is -1.27. The summed E-state index contributed by atoms with van der Waals surface area (Å²) < 4.78 is 26.9. The van der Waals surface area contributed by atoms with E-state index in [0.29, 0.717) is 12.2 Å². The van der Waals surface area contributed by atoms with Crippen molar-refractivity contribution in [3.63, 3.8) is 0 Å². The lowest BCUT2D eigenvalue weighted by molar-refractivity contribution is -0.158. The molecule has 0 unspecified atom stereocenters. The standard InChI is InChI=1S/C25H31NO8/c1-6-21(17(3)33-19-10-8-7-9-11-19)34-25(29)16(2)14-20(28)23-24(32-15-31-18(4)27)22(30-5)12-13-26-23/h7-13,16-17,21H,6,14-15H2,1-5H3/t16-,17+,21-/m1/s1. The van der Waals surface area contributed by atoms with Crippen molar-refractivity contribution in [2.75, 3.05) is 13.9 Å². The second kappa shape index (κ2) is 13.2. The molecule has 0 spiro atoms. The summed E-state index contributed by atoms with van der Waals surface area (Å²) in [7, 11) is 1.41. The van der Waals surface area contributed by atoms with E-state index in [0.717, 1.165) is 0 Å². The molecular weight excluding hydrogens is 442 g/mol. The number of rotatable bonds is 13. The number of Topliss-reactive ketones (excluding diaryl/α,β-unsaturated/α-hetero) is 1. The van der Waals surface area contributed by atoms with Crippen molar-refractivity contribution < 1.29 is 38.1 Å². The molecule has 34 heavy (non-hydrogen) atoms. The molecule has 0 aliphatic rings. The molecule has 2 rings (SSSR count). The quantitative estimate of drug-likeness (QED) is 0.242. The van der Waals surface area contributed by atoms with Crippen molar-refractivity contribution in [1.82, 2.24) is 4.98 Å². The van der Waals surface area contributed by atoms with Gasteiger partial charge >= 0.3 is 11.9 Å². The van der Waals surface area contributed by atoms with Gasteiger partial charge in [0.05, 0.1) is 13.0 Å². The predicted octanol–water partition coefficient (Wildman–Crippen LogP) is 3.99. The number of carbonyl (C=O) groups excluding carboxylic acids is 3. The highest BCUT2D eigenvalue weighted by atomic mass is 16.7. The smallest absolute Gasteiger partial charge is 0.309 e. The lowest BCUT2D eigenvalue weighted by atomic mass is 10.0. The van der Waals surface area contributed by atoms with Crippen molar-refractivity contribution in [3.8, 4) is 17.2 Å². The first-order valence-corrected chi connectivity index (χ1v) is 11.0. The molecule has 184 valence electrons. The average Bonchev–Trinajstić information content (AvgIpc) is 2.82. The van der Waals surface area contributed by atoms with Crippen LogP contribution in [0.4, 0.5) is 0 Å². The minimum atomic E-state index is -0.736. The summed E-state index contributed by atoms with van der Waals surface area (Å²) in [5, 5.41) is 0. The molecule has 0 fully saturated rings. The number of carbonyl (C=O) groups is 3. The van der Waals surface area contributed by atoms with E-state index in [-0.39, 0.29) is 29.7 Å². The molecule has 9 heteroatoms. The van der Waals surface area contributed by atoms with Crippen LogP contribution in [0.5, 0.6) is 17.2 Å². The number of esters is 2. The maximum Gasteiger partial charge on any atom is 0.309 e. The third-order valence-electron chi connectivity index (χ3n) is 4.97. The summed E-state index contributed by atoms with van der Waals surface area (Å²) in [4.78, 5) is 40.8. The Balaban J connectivity index is 2.03. The molecule has 0 aliphatic carbocycles. The van der Waals surface area contributed by atoms with Crippen LogP contribution in [0.25, 0.3) is 0 Å². The van der Waals surface area contributed by atoms with Gasteiger partial charge in [-0.1, -0.05) is 32.0 Å². The third kappa shape index (κ3) is 7.75. The molecule has 0 radical (unpaired) electrons. The number of aromatic nitrogens is 1. The van der Waals surface area contributed by atoms with Gasteiger partial charge in [0.1, 0.15) is 18.0 Å². The number of benzene rings is 1. The SMILES string of the molecule is CC[C@@H](OC(=O)[C@H](C)CC(=O)c1nccc(OC)c1OCOC(C)=O)[C@H](C)Oc1ccccc1. The van der Waals surface area contributed by atoms with Gasteiger partial charge in [-0.2, -0.15) is 0 Å². The highest BCUT2D eigenvalue weighted by molar-refractivity contribution is 5.99. The van der Waals surface area contributed by atoms with Crippen LogP contribution in [0.1, 0.15) is 51.0 Å². The number of ether oxygens (including phenoxy) is 5. The van der Waals surface area contributed by atoms with Crippen LogP contribution in [0, 0.1) is 5.92 Å². The van der Waals surface area contributed by atoms with Crippen LogP contribution in [0.15, 0.2) is 42.6 Å². The second-order valence-electron chi connectivity index (χ2n) is 7.64. The molecule has 0 aliphatic heterocycles. The van der Waals surface area contributed by atoms with Gasteiger partial charge < -0.3 is 23.7 Å². The van der Waals surface area contributed by atoms with Crippen molar-refractivity contribution in [1.29, 1.82) is 0 Å². The number of hydrogen-bond donors (Lipinski definition) is 0. The summed E-state index contributed by atoms with van der Waals surface area (Å²) in [6, 6.07) is 10.8. The van der Waals surface area contributed by atoms with E-state index < -0.39 is 36.5 Å². The van der Waals surface area contributed by atoms with Crippen LogP contribution in [-0.4, -0.2) is 48.8 Å². The Morgan fingerprint density at radius 2 is 1.76 bits per heavy atom. The number of nitrogens with zero attached hydrogens (tertiary/aromatic N) is 1. The lowest BCUT2D eigenvalue weighted by Crippen LogP contribution is -2.35. The van der Waals surface area contributed by atoms with Crippen molar-refractivity contribution in [2.45, 2.75) is 52.7 Å². The van der Waals surface area contributed by atoms with Gasteiger partial charge in [0, 0.05) is 25.6 Å². The zero-order valence-corrected chi connectivity index (χ0v) is 20.1. The van der Waals surface area contributed by atoms with Gasteiger partial charge in [-0.15, -0.1) is 0 Å². The second-order valence-corrected chi connectivity index (χ2v) is 7.64. The first-order valence-electron chi connectivity index (χ1n) is 11.0. The topological polar surface area (TPSA) is 110 Å². The number of ketones is 1. The van der Waals surface area contributed by atoms with Crippen LogP contribution in [0.2, 0.25) is 0 Å². The maximum absolute atomic E-state index is 12.9. The Hall–Kier alpha value is -3.62. The fraction of sp³-hybridized carbons (Fsp3) is 0.440. The lowest BCUT2D eigenvalue weighted by Gasteiger charge is -2.25. The van der Waals surface area contributed by atoms with E-state index in [1.807, 2.05) is 44.2 Å². The molecular formula is C25H31NO8. The molecule has 0 saturated carbocycles. The van der Waals surface area contributed by atoms with E-state index in [9.17, 15) is 14.4 Å². The highest BCUT2D eigenvalue weighted by Gasteiger charge is 2.28. The van der Waals surface area contributed by atoms with Crippen LogP contribution < -0.4 is 14.2 Å². The summed E-state index contributed by atoms with van der Waals surface area (Å²) in [5.41, 5.74) is -0.0287. The van der Waals surface area contributed by atoms with Gasteiger partial charge in [0.25, 0.3) is 0 Å².